The fourth-order valence-corrected chi connectivity index (χ4v) is 3.95. The van der Waals surface area contributed by atoms with E-state index < -0.39 is 0 Å². The van der Waals surface area contributed by atoms with Gasteiger partial charge in [0.2, 0.25) is 5.91 Å². The van der Waals surface area contributed by atoms with Crippen molar-refractivity contribution in [1.29, 1.82) is 0 Å². The van der Waals surface area contributed by atoms with E-state index in [1.807, 2.05) is 50.2 Å². The molecule has 0 aliphatic carbocycles. The number of aryl methyl sites for hydroxylation is 2. The highest BCUT2D eigenvalue weighted by Crippen LogP contribution is 2.33. The lowest BCUT2D eigenvalue weighted by Gasteiger charge is -2.18. The van der Waals surface area contributed by atoms with Gasteiger partial charge in [-0.1, -0.05) is 42.1 Å². The Morgan fingerprint density at radius 3 is 2.64 bits per heavy atom. The fraction of sp³-hybridized carbons (Fsp3) is 0.421. The minimum absolute atomic E-state index is 0.0329. The van der Waals surface area contributed by atoms with Gasteiger partial charge in [-0.15, -0.1) is 0 Å². The maximum atomic E-state index is 12.8. The Hall–Kier alpha value is -1.92. The van der Waals surface area contributed by atoms with E-state index in [0.29, 0.717) is 11.7 Å². The summed E-state index contributed by atoms with van der Waals surface area (Å²) in [7, 11) is 0. The van der Waals surface area contributed by atoms with E-state index in [4.69, 9.17) is 4.74 Å². The standard InChI is InChI=1S/C19H23N3O2S/c1-13-11-14(2)22-19(21-13)25-17(15-7-4-3-5-8-15)18(23)20-12-16-9-6-10-24-16/h3-5,7-8,11,16-17H,6,9-10,12H2,1-2H3,(H,20,23)/t16-,17+/m1/s1. The lowest BCUT2D eigenvalue weighted by molar-refractivity contribution is -0.121. The number of hydrogen-bond acceptors (Lipinski definition) is 5. The van der Waals surface area contributed by atoms with Gasteiger partial charge >= 0.3 is 0 Å². The Kier molecular flexibility index (Phi) is 6.04. The topological polar surface area (TPSA) is 64.1 Å². The average molecular weight is 357 g/mol. The number of carbonyl (C=O) groups is 1. The molecule has 132 valence electrons. The number of rotatable bonds is 6. The lowest BCUT2D eigenvalue weighted by atomic mass is 10.1. The van der Waals surface area contributed by atoms with Gasteiger partial charge in [0, 0.05) is 24.5 Å². The molecule has 2 heterocycles. The molecule has 1 aliphatic heterocycles. The van der Waals surface area contributed by atoms with Gasteiger partial charge in [-0.3, -0.25) is 4.79 Å². The second kappa shape index (κ2) is 8.45. The Morgan fingerprint density at radius 2 is 2.00 bits per heavy atom. The molecule has 1 amide bonds. The largest absolute Gasteiger partial charge is 0.376 e. The molecule has 5 nitrogen and oxygen atoms in total. The Labute approximate surface area is 152 Å². The SMILES string of the molecule is Cc1cc(C)nc(S[C@H](C(=O)NC[C@H]2CCCO2)c2ccccc2)n1. The van der Waals surface area contributed by atoms with Crippen molar-refractivity contribution in [3.05, 3.63) is 53.3 Å². The van der Waals surface area contributed by atoms with Crippen molar-refractivity contribution in [2.75, 3.05) is 13.2 Å². The summed E-state index contributed by atoms with van der Waals surface area (Å²) in [5.74, 6) is -0.0329. The van der Waals surface area contributed by atoms with Crippen molar-refractivity contribution in [1.82, 2.24) is 15.3 Å². The molecule has 1 aliphatic rings. The highest BCUT2D eigenvalue weighted by molar-refractivity contribution is 8.00. The van der Waals surface area contributed by atoms with Crippen molar-refractivity contribution in [3.63, 3.8) is 0 Å². The average Bonchev–Trinajstić information content (AvgIpc) is 3.11. The van der Waals surface area contributed by atoms with Crippen LogP contribution in [0.1, 0.15) is 35.0 Å². The Bertz CT molecular complexity index is 698. The molecule has 0 unspecified atom stereocenters. The van der Waals surface area contributed by atoms with Crippen molar-refractivity contribution in [3.8, 4) is 0 Å². The van der Waals surface area contributed by atoms with Crippen molar-refractivity contribution in [2.24, 2.45) is 0 Å². The molecular formula is C19H23N3O2S. The van der Waals surface area contributed by atoms with Gasteiger partial charge in [0.05, 0.1) is 6.10 Å². The summed E-state index contributed by atoms with van der Waals surface area (Å²) in [5.41, 5.74) is 2.75. The van der Waals surface area contributed by atoms with Crippen molar-refractivity contribution >= 4 is 17.7 Å². The smallest absolute Gasteiger partial charge is 0.238 e. The number of hydrogen-bond donors (Lipinski definition) is 1. The third kappa shape index (κ3) is 5.03. The van der Waals surface area contributed by atoms with E-state index in [2.05, 4.69) is 15.3 Å². The molecule has 6 heteroatoms. The molecule has 1 saturated heterocycles. The number of thioether (sulfide) groups is 1. The van der Waals surface area contributed by atoms with Crippen LogP contribution in [0.4, 0.5) is 0 Å². The number of benzene rings is 1. The van der Waals surface area contributed by atoms with Crippen LogP contribution in [0.5, 0.6) is 0 Å². The monoisotopic (exact) mass is 357 g/mol. The molecule has 1 fully saturated rings. The summed E-state index contributed by atoms with van der Waals surface area (Å²) in [5, 5.41) is 3.27. The van der Waals surface area contributed by atoms with Gasteiger partial charge in [-0.2, -0.15) is 0 Å². The molecular weight excluding hydrogens is 334 g/mol. The van der Waals surface area contributed by atoms with Gasteiger partial charge in [-0.25, -0.2) is 9.97 Å². The number of amides is 1. The zero-order chi connectivity index (χ0) is 17.6. The first-order valence-corrected chi connectivity index (χ1v) is 9.43. The third-order valence-electron chi connectivity index (χ3n) is 4.05. The molecule has 0 bridgehead atoms. The summed E-state index contributed by atoms with van der Waals surface area (Å²) >= 11 is 1.39. The number of nitrogens with zero attached hydrogens (tertiary/aromatic N) is 2. The van der Waals surface area contributed by atoms with Gasteiger partial charge < -0.3 is 10.1 Å². The van der Waals surface area contributed by atoms with E-state index >= 15 is 0 Å². The zero-order valence-corrected chi connectivity index (χ0v) is 15.4. The van der Waals surface area contributed by atoms with Gasteiger partial charge in [0.25, 0.3) is 0 Å². The first-order chi connectivity index (χ1) is 12.1. The van der Waals surface area contributed by atoms with Crippen LogP contribution in [0, 0.1) is 13.8 Å². The number of nitrogens with one attached hydrogen (secondary N) is 1. The van der Waals surface area contributed by atoms with E-state index in [-0.39, 0.29) is 17.3 Å². The predicted octanol–water partition coefficient (Wildman–Crippen LogP) is 3.22. The van der Waals surface area contributed by atoms with Crippen LogP contribution in [-0.2, 0) is 9.53 Å². The summed E-state index contributed by atoms with van der Waals surface area (Å²) in [6.45, 7) is 5.21. The van der Waals surface area contributed by atoms with Gasteiger partial charge in [0.15, 0.2) is 5.16 Å². The lowest BCUT2D eigenvalue weighted by Crippen LogP contribution is -2.34. The maximum absolute atomic E-state index is 12.8. The van der Waals surface area contributed by atoms with E-state index in [1.54, 1.807) is 0 Å². The summed E-state index contributed by atoms with van der Waals surface area (Å²) in [4.78, 5) is 21.8. The molecule has 2 aromatic rings. The zero-order valence-electron chi connectivity index (χ0n) is 14.6. The second-order valence-electron chi connectivity index (χ2n) is 6.22. The van der Waals surface area contributed by atoms with Gasteiger partial charge in [0.1, 0.15) is 5.25 Å². The van der Waals surface area contributed by atoms with Gasteiger partial charge in [-0.05, 0) is 38.3 Å². The molecule has 1 aromatic carbocycles. The van der Waals surface area contributed by atoms with Crippen LogP contribution in [0.3, 0.4) is 0 Å². The number of carbonyl (C=O) groups excluding carboxylic acids is 1. The molecule has 2 atom stereocenters. The number of aromatic nitrogens is 2. The van der Waals surface area contributed by atoms with E-state index in [1.165, 1.54) is 11.8 Å². The van der Waals surface area contributed by atoms with Crippen LogP contribution in [0.25, 0.3) is 0 Å². The van der Waals surface area contributed by atoms with E-state index in [0.717, 1.165) is 36.4 Å². The van der Waals surface area contributed by atoms with Crippen LogP contribution < -0.4 is 5.32 Å². The minimum atomic E-state index is -0.385. The molecule has 0 saturated carbocycles. The Balaban J connectivity index is 1.75. The van der Waals surface area contributed by atoms with Crippen LogP contribution in [-0.4, -0.2) is 35.1 Å². The highest BCUT2D eigenvalue weighted by atomic mass is 32.2. The maximum Gasteiger partial charge on any atom is 0.238 e. The quantitative estimate of drug-likeness (QED) is 0.635. The number of ether oxygens (including phenoxy) is 1. The van der Waals surface area contributed by atoms with Crippen LogP contribution >= 0.6 is 11.8 Å². The normalized spacial score (nSPS) is 18.1. The third-order valence-corrected chi connectivity index (χ3v) is 5.17. The second-order valence-corrected chi connectivity index (χ2v) is 7.29. The summed E-state index contributed by atoms with van der Waals surface area (Å²) < 4.78 is 5.59. The molecule has 0 radical (unpaired) electrons. The van der Waals surface area contributed by atoms with Crippen LogP contribution in [0.2, 0.25) is 0 Å². The molecule has 3 rings (SSSR count). The first-order valence-electron chi connectivity index (χ1n) is 8.55. The molecule has 1 aromatic heterocycles. The van der Waals surface area contributed by atoms with E-state index in [9.17, 15) is 4.79 Å². The summed E-state index contributed by atoms with van der Waals surface area (Å²) in [6.07, 6.45) is 2.19. The molecule has 0 spiro atoms. The minimum Gasteiger partial charge on any atom is -0.376 e. The highest BCUT2D eigenvalue weighted by Gasteiger charge is 2.25. The first kappa shape index (κ1) is 17.9. The van der Waals surface area contributed by atoms with Crippen molar-refractivity contribution < 1.29 is 9.53 Å². The molecule has 25 heavy (non-hydrogen) atoms. The molecule has 1 N–H and O–H groups in total. The predicted molar refractivity (Wildman–Crippen MR) is 98.5 cm³/mol. The van der Waals surface area contributed by atoms with Crippen molar-refractivity contribution in [2.45, 2.75) is 43.2 Å². The Morgan fingerprint density at radius 1 is 1.28 bits per heavy atom. The fourth-order valence-electron chi connectivity index (χ4n) is 2.86. The van der Waals surface area contributed by atoms with Crippen LogP contribution in [0.15, 0.2) is 41.6 Å². The summed E-state index contributed by atoms with van der Waals surface area (Å²) in [6, 6.07) is 11.7.